The van der Waals surface area contributed by atoms with Gasteiger partial charge >= 0.3 is 5.97 Å². The van der Waals surface area contributed by atoms with Gasteiger partial charge in [-0.05, 0) is 54.7 Å². The zero-order chi connectivity index (χ0) is 21.4. The third-order valence-corrected chi connectivity index (χ3v) is 4.76. The number of nitrogens with zero attached hydrogens (tertiary/aromatic N) is 1. The molecule has 0 heterocycles. The lowest BCUT2D eigenvalue weighted by Crippen LogP contribution is -2.32. The van der Waals surface area contributed by atoms with Crippen LogP contribution in [-0.4, -0.2) is 36.6 Å². The first-order valence-electron chi connectivity index (χ1n) is 9.96. The smallest absolute Gasteiger partial charge is 0.335 e. The molecule has 0 atom stereocenters. The fourth-order valence-electron chi connectivity index (χ4n) is 3.22. The number of rotatable bonds is 10. The Bertz CT molecular complexity index is 835. The Kier molecular flexibility index (Phi) is 8.52. The minimum absolute atomic E-state index is 0.158. The van der Waals surface area contributed by atoms with Gasteiger partial charge in [0.1, 0.15) is 0 Å². The Morgan fingerprint density at radius 1 is 1.14 bits per heavy atom. The molecule has 0 radical (unpaired) electrons. The zero-order valence-corrected chi connectivity index (χ0v) is 18.0. The summed E-state index contributed by atoms with van der Waals surface area (Å²) in [5.74, 6) is -0.632. The lowest BCUT2D eigenvalue weighted by molar-refractivity contribution is 0.0696. The van der Waals surface area contributed by atoms with Crippen LogP contribution >= 0.6 is 11.6 Å². The Labute approximate surface area is 177 Å². The Hall–Kier alpha value is -2.53. The van der Waals surface area contributed by atoms with Crippen LogP contribution in [0, 0.1) is 5.92 Å². The average Bonchev–Trinajstić information content (AvgIpc) is 2.67. The summed E-state index contributed by atoms with van der Waals surface area (Å²) >= 11 is 6.17. The second-order valence-corrected chi connectivity index (χ2v) is 7.95. The monoisotopic (exact) mass is 416 g/mol. The van der Waals surface area contributed by atoms with E-state index in [-0.39, 0.29) is 11.5 Å². The minimum atomic E-state index is -0.948. The molecule has 0 saturated heterocycles. The van der Waals surface area contributed by atoms with Gasteiger partial charge in [-0.15, -0.1) is 0 Å². The van der Waals surface area contributed by atoms with Gasteiger partial charge in [0.05, 0.1) is 11.1 Å². The summed E-state index contributed by atoms with van der Waals surface area (Å²) in [7, 11) is 0. The van der Waals surface area contributed by atoms with Gasteiger partial charge in [-0.25, -0.2) is 4.79 Å². The maximum absolute atomic E-state index is 12.9. The quantitative estimate of drug-likeness (QED) is 0.579. The van der Waals surface area contributed by atoms with Crippen molar-refractivity contribution in [1.82, 2.24) is 5.32 Å². The van der Waals surface area contributed by atoms with E-state index in [0.717, 1.165) is 30.8 Å². The van der Waals surface area contributed by atoms with Crippen molar-refractivity contribution in [2.75, 3.05) is 24.5 Å². The summed E-state index contributed by atoms with van der Waals surface area (Å²) in [6, 6.07) is 12.1. The van der Waals surface area contributed by atoms with Crippen LogP contribution in [-0.2, 0) is 6.42 Å². The maximum Gasteiger partial charge on any atom is 0.335 e. The Morgan fingerprint density at radius 3 is 2.41 bits per heavy atom. The van der Waals surface area contributed by atoms with Gasteiger partial charge in [0.25, 0.3) is 5.91 Å². The third kappa shape index (κ3) is 6.79. The van der Waals surface area contributed by atoms with Gasteiger partial charge in [0.2, 0.25) is 0 Å². The summed E-state index contributed by atoms with van der Waals surface area (Å²) in [5.41, 5.74) is 2.69. The van der Waals surface area contributed by atoms with Crippen molar-refractivity contribution in [3.05, 3.63) is 64.2 Å². The molecule has 0 aromatic heterocycles. The standard InChI is InChI=1S/C23H29ClN2O3/c1-4-13-26(15-16(2)3)21-10-9-19(24)14-20(21)22(27)25-12-11-17-5-7-18(8-6-17)23(28)29/h5-10,14,16H,4,11-13,15H2,1-3H3,(H,25,27)(H,28,29). The zero-order valence-electron chi connectivity index (χ0n) is 17.2. The van der Waals surface area contributed by atoms with Crippen molar-refractivity contribution in [3.63, 3.8) is 0 Å². The van der Waals surface area contributed by atoms with Crippen molar-refractivity contribution in [2.45, 2.75) is 33.6 Å². The summed E-state index contributed by atoms with van der Waals surface area (Å²) in [4.78, 5) is 26.0. The molecule has 2 N–H and O–H groups in total. The van der Waals surface area contributed by atoms with Crippen molar-refractivity contribution < 1.29 is 14.7 Å². The van der Waals surface area contributed by atoms with E-state index in [2.05, 4.69) is 31.0 Å². The van der Waals surface area contributed by atoms with Crippen molar-refractivity contribution in [2.24, 2.45) is 5.92 Å². The molecule has 2 aromatic carbocycles. The van der Waals surface area contributed by atoms with Crippen LogP contribution in [0.4, 0.5) is 5.69 Å². The molecule has 0 bridgehead atoms. The largest absolute Gasteiger partial charge is 0.478 e. The van der Waals surface area contributed by atoms with Crippen LogP contribution in [0.15, 0.2) is 42.5 Å². The highest BCUT2D eigenvalue weighted by atomic mass is 35.5. The number of amides is 1. The van der Waals surface area contributed by atoms with E-state index in [1.807, 2.05) is 12.1 Å². The summed E-state index contributed by atoms with van der Waals surface area (Å²) in [6.07, 6.45) is 1.61. The maximum atomic E-state index is 12.9. The van der Waals surface area contributed by atoms with Gasteiger partial charge in [0.15, 0.2) is 0 Å². The number of carboxylic acids is 1. The molecule has 6 heteroatoms. The van der Waals surface area contributed by atoms with Gasteiger partial charge in [0, 0.05) is 30.3 Å². The summed E-state index contributed by atoms with van der Waals surface area (Å²) in [6.45, 7) is 8.64. The molecule has 156 valence electrons. The molecule has 0 aliphatic heterocycles. The predicted molar refractivity (Wildman–Crippen MR) is 118 cm³/mol. The topological polar surface area (TPSA) is 69.6 Å². The SMILES string of the molecule is CCCN(CC(C)C)c1ccc(Cl)cc1C(=O)NCCc1ccc(C(=O)O)cc1. The summed E-state index contributed by atoms with van der Waals surface area (Å²) in [5, 5.41) is 12.5. The molecule has 5 nitrogen and oxygen atoms in total. The van der Waals surface area contributed by atoms with Crippen molar-refractivity contribution >= 4 is 29.2 Å². The molecule has 2 rings (SSSR count). The average molecular weight is 417 g/mol. The highest BCUT2D eigenvalue weighted by Gasteiger charge is 2.17. The number of hydrogen-bond donors (Lipinski definition) is 2. The number of carbonyl (C=O) groups excluding carboxylic acids is 1. The van der Waals surface area contributed by atoms with E-state index in [9.17, 15) is 9.59 Å². The highest BCUT2D eigenvalue weighted by molar-refractivity contribution is 6.31. The molecule has 0 fully saturated rings. The molecule has 1 amide bonds. The molecular weight excluding hydrogens is 388 g/mol. The molecule has 29 heavy (non-hydrogen) atoms. The second kappa shape index (κ2) is 10.9. The van der Waals surface area contributed by atoms with Crippen LogP contribution in [0.1, 0.15) is 53.5 Å². The third-order valence-electron chi connectivity index (χ3n) is 4.52. The number of benzene rings is 2. The lowest BCUT2D eigenvalue weighted by atomic mass is 10.1. The fourth-order valence-corrected chi connectivity index (χ4v) is 3.39. The van der Waals surface area contributed by atoms with Gasteiger partial charge in [-0.3, -0.25) is 4.79 Å². The Morgan fingerprint density at radius 2 is 1.83 bits per heavy atom. The molecule has 0 unspecified atom stereocenters. The fraction of sp³-hybridized carbons (Fsp3) is 0.391. The molecule has 0 aliphatic carbocycles. The first-order valence-corrected chi connectivity index (χ1v) is 10.3. The number of halogens is 1. The van der Waals surface area contributed by atoms with E-state index >= 15 is 0 Å². The van der Waals surface area contributed by atoms with E-state index in [1.54, 1.807) is 30.3 Å². The number of carboxylic acid groups (broad SMARTS) is 1. The van der Waals surface area contributed by atoms with Crippen molar-refractivity contribution in [1.29, 1.82) is 0 Å². The van der Waals surface area contributed by atoms with Crippen LogP contribution in [0.2, 0.25) is 5.02 Å². The molecule has 0 aliphatic rings. The summed E-state index contributed by atoms with van der Waals surface area (Å²) < 4.78 is 0. The van der Waals surface area contributed by atoms with E-state index in [1.165, 1.54) is 0 Å². The van der Waals surface area contributed by atoms with Crippen molar-refractivity contribution in [3.8, 4) is 0 Å². The van der Waals surface area contributed by atoms with E-state index in [0.29, 0.717) is 29.5 Å². The molecule has 0 saturated carbocycles. The van der Waals surface area contributed by atoms with Gasteiger partial charge < -0.3 is 15.3 Å². The van der Waals surface area contributed by atoms with Crippen LogP contribution in [0.25, 0.3) is 0 Å². The molecule has 0 spiro atoms. The number of carbonyl (C=O) groups is 2. The van der Waals surface area contributed by atoms with Crippen LogP contribution in [0.5, 0.6) is 0 Å². The highest BCUT2D eigenvalue weighted by Crippen LogP contribution is 2.25. The minimum Gasteiger partial charge on any atom is -0.478 e. The number of aromatic carboxylic acids is 1. The normalized spacial score (nSPS) is 10.8. The second-order valence-electron chi connectivity index (χ2n) is 7.51. The van der Waals surface area contributed by atoms with Gasteiger partial charge in [-0.1, -0.05) is 44.5 Å². The number of anilines is 1. The predicted octanol–water partition coefficient (Wildman–Crippen LogP) is 4.88. The van der Waals surface area contributed by atoms with E-state index < -0.39 is 5.97 Å². The molecule has 2 aromatic rings. The lowest BCUT2D eigenvalue weighted by Gasteiger charge is -2.28. The van der Waals surface area contributed by atoms with Crippen LogP contribution in [0.3, 0.4) is 0 Å². The van der Waals surface area contributed by atoms with Gasteiger partial charge in [-0.2, -0.15) is 0 Å². The molecular formula is C23H29ClN2O3. The number of nitrogens with one attached hydrogen (secondary N) is 1. The first-order chi connectivity index (χ1) is 13.8. The first kappa shape index (κ1) is 22.8. The Balaban J connectivity index is 2.09. The van der Waals surface area contributed by atoms with E-state index in [4.69, 9.17) is 16.7 Å². The number of hydrogen-bond acceptors (Lipinski definition) is 3. The van der Waals surface area contributed by atoms with Crippen LogP contribution < -0.4 is 10.2 Å².